The van der Waals surface area contributed by atoms with Crippen molar-refractivity contribution in [2.45, 2.75) is 32.2 Å². The lowest BCUT2D eigenvalue weighted by atomic mass is 10.0. The van der Waals surface area contributed by atoms with Crippen LogP contribution in [0.3, 0.4) is 0 Å². The molecule has 2 atom stereocenters. The molecular weight excluding hydrogens is 202 g/mol. The predicted molar refractivity (Wildman–Crippen MR) is 64.4 cm³/mol. The third kappa shape index (κ3) is 2.88. The first-order valence-electron chi connectivity index (χ1n) is 6.39. The first kappa shape index (κ1) is 11.7. The van der Waals surface area contributed by atoms with E-state index >= 15 is 0 Å². The molecule has 0 saturated carbocycles. The highest BCUT2D eigenvalue weighted by atomic mass is 16.2. The molecule has 1 N–H and O–H groups in total. The summed E-state index contributed by atoms with van der Waals surface area (Å²) in [5.74, 6) is 0.658. The maximum absolute atomic E-state index is 12.0. The number of likely N-dealkylation sites (tertiary alicyclic amines) is 2. The summed E-state index contributed by atoms with van der Waals surface area (Å²) in [7, 11) is 2.11. The average molecular weight is 225 g/mol. The molecule has 92 valence electrons. The van der Waals surface area contributed by atoms with E-state index in [9.17, 15) is 4.79 Å². The number of urea groups is 1. The monoisotopic (exact) mass is 225 g/mol. The highest BCUT2D eigenvalue weighted by Crippen LogP contribution is 2.16. The van der Waals surface area contributed by atoms with Gasteiger partial charge in [-0.3, -0.25) is 0 Å². The molecule has 16 heavy (non-hydrogen) atoms. The number of rotatable bonds is 1. The Morgan fingerprint density at radius 2 is 2.06 bits per heavy atom. The summed E-state index contributed by atoms with van der Waals surface area (Å²) in [4.78, 5) is 16.2. The summed E-state index contributed by atoms with van der Waals surface area (Å²) in [6.45, 7) is 6.17. The second-order valence-electron chi connectivity index (χ2n) is 5.39. The van der Waals surface area contributed by atoms with Crippen LogP contribution in [0.4, 0.5) is 4.79 Å². The van der Waals surface area contributed by atoms with Crippen molar-refractivity contribution in [2.24, 2.45) is 5.92 Å². The Hall–Kier alpha value is -0.770. The zero-order chi connectivity index (χ0) is 11.5. The molecule has 2 aliphatic heterocycles. The van der Waals surface area contributed by atoms with Gasteiger partial charge >= 0.3 is 6.03 Å². The second kappa shape index (κ2) is 5.04. The Labute approximate surface area is 98.0 Å². The molecular formula is C12H23N3O. The van der Waals surface area contributed by atoms with E-state index in [1.54, 1.807) is 0 Å². The highest BCUT2D eigenvalue weighted by Gasteiger charge is 2.25. The molecule has 2 heterocycles. The standard InChI is InChI=1S/C12H23N3O/c1-10-4-3-6-15(8-10)12(16)13-11-5-7-14(2)9-11/h10-11H,3-9H2,1-2H3,(H,13,16). The zero-order valence-corrected chi connectivity index (χ0v) is 10.4. The first-order valence-corrected chi connectivity index (χ1v) is 6.39. The van der Waals surface area contributed by atoms with Gasteiger partial charge in [-0.15, -0.1) is 0 Å². The molecule has 0 aromatic rings. The summed E-state index contributed by atoms with van der Waals surface area (Å²) in [6, 6.07) is 0.501. The zero-order valence-electron chi connectivity index (χ0n) is 10.4. The highest BCUT2D eigenvalue weighted by molar-refractivity contribution is 5.74. The molecule has 2 unspecified atom stereocenters. The normalized spacial score (nSPS) is 31.8. The number of likely N-dealkylation sites (N-methyl/N-ethyl adjacent to an activating group) is 1. The Kier molecular flexibility index (Phi) is 3.69. The van der Waals surface area contributed by atoms with Crippen LogP contribution < -0.4 is 5.32 Å². The molecule has 0 radical (unpaired) electrons. The molecule has 4 nitrogen and oxygen atoms in total. The van der Waals surface area contributed by atoms with E-state index in [0.29, 0.717) is 12.0 Å². The molecule has 2 rings (SSSR count). The van der Waals surface area contributed by atoms with Gasteiger partial charge in [0, 0.05) is 25.7 Å². The van der Waals surface area contributed by atoms with Gasteiger partial charge in [-0.1, -0.05) is 6.92 Å². The number of amides is 2. The van der Waals surface area contributed by atoms with Crippen molar-refractivity contribution in [3.8, 4) is 0 Å². The smallest absolute Gasteiger partial charge is 0.317 e. The summed E-state index contributed by atoms with van der Waals surface area (Å²) >= 11 is 0. The maximum atomic E-state index is 12.0. The van der Waals surface area contributed by atoms with Gasteiger partial charge in [0.2, 0.25) is 0 Å². The van der Waals surface area contributed by atoms with E-state index in [1.165, 1.54) is 6.42 Å². The van der Waals surface area contributed by atoms with Gasteiger partial charge in [0.25, 0.3) is 0 Å². The molecule has 0 spiro atoms. The van der Waals surface area contributed by atoms with Gasteiger partial charge in [0.05, 0.1) is 0 Å². The number of carbonyl (C=O) groups is 1. The third-order valence-electron chi connectivity index (χ3n) is 3.66. The topological polar surface area (TPSA) is 35.6 Å². The van der Waals surface area contributed by atoms with Crippen molar-refractivity contribution in [1.82, 2.24) is 15.1 Å². The lowest BCUT2D eigenvalue weighted by Crippen LogP contribution is -2.48. The lowest BCUT2D eigenvalue weighted by Gasteiger charge is -2.31. The van der Waals surface area contributed by atoms with Gasteiger partial charge in [0.15, 0.2) is 0 Å². The van der Waals surface area contributed by atoms with E-state index in [-0.39, 0.29) is 6.03 Å². The molecule has 2 amide bonds. The van der Waals surface area contributed by atoms with Crippen LogP contribution in [0.15, 0.2) is 0 Å². The number of hydrogen-bond donors (Lipinski definition) is 1. The van der Waals surface area contributed by atoms with Crippen LogP contribution in [-0.4, -0.2) is 55.1 Å². The fourth-order valence-electron chi connectivity index (χ4n) is 2.69. The minimum Gasteiger partial charge on any atom is -0.334 e. The number of piperidine rings is 1. The van der Waals surface area contributed by atoms with Crippen LogP contribution in [0, 0.1) is 5.92 Å². The molecule has 0 bridgehead atoms. The number of nitrogens with zero attached hydrogens (tertiary/aromatic N) is 2. The van der Waals surface area contributed by atoms with Gasteiger partial charge < -0.3 is 15.1 Å². The summed E-state index contributed by atoms with van der Waals surface area (Å²) < 4.78 is 0. The first-order chi connectivity index (χ1) is 7.65. The minimum absolute atomic E-state index is 0.145. The number of hydrogen-bond acceptors (Lipinski definition) is 2. The van der Waals surface area contributed by atoms with Crippen LogP contribution in [0.2, 0.25) is 0 Å². The largest absolute Gasteiger partial charge is 0.334 e. The predicted octanol–water partition coefficient (Wildman–Crippen LogP) is 1.13. The van der Waals surface area contributed by atoms with Gasteiger partial charge in [-0.2, -0.15) is 0 Å². The molecule has 4 heteroatoms. The van der Waals surface area contributed by atoms with Crippen molar-refractivity contribution in [3.05, 3.63) is 0 Å². The number of nitrogens with one attached hydrogen (secondary N) is 1. The Morgan fingerprint density at radius 3 is 2.69 bits per heavy atom. The van der Waals surface area contributed by atoms with Crippen LogP contribution in [0.1, 0.15) is 26.2 Å². The fourth-order valence-corrected chi connectivity index (χ4v) is 2.69. The Morgan fingerprint density at radius 1 is 1.25 bits per heavy atom. The molecule has 0 aromatic heterocycles. The lowest BCUT2D eigenvalue weighted by molar-refractivity contribution is 0.166. The van der Waals surface area contributed by atoms with Crippen molar-refractivity contribution < 1.29 is 4.79 Å². The quantitative estimate of drug-likeness (QED) is 0.726. The van der Waals surface area contributed by atoms with E-state index < -0.39 is 0 Å². The van der Waals surface area contributed by atoms with Crippen molar-refractivity contribution in [2.75, 3.05) is 33.2 Å². The Balaban J connectivity index is 1.78. The molecule has 2 saturated heterocycles. The van der Waals surface area contributed by atoms with Crippen molar-refractivity contribution in [1.29, 1.82) is 0 Å². The maximum Gasteiger partial charge on any atom is 0.317 e. The van der Waals surface area contributed by atoms with Gasteiger partial charge in [-0.05, 0) is 38.8 Å². The summed E-state index contributed by atoms with van der Waals surface area (Å²) in [5.41, 5.74) is 0. The third-order valence-corrected chi connectivity index (χ3v) is 3.66. The van der Waals surface area contributed by atoms with Crippen molar-refractivity contribution in [3.63, 3.8) is 0 Å². The van der Waals surface area contributed by atoms with Crippen LogP contribution in [0.25, 0.3) is 0 Å². The van der Waals surface area contributed by atoms with Gasteiger partial charge in [-0.25, -0.2) is 4.79 Å². The van der Waals surface area contributed by atoms with Crippen LogP contribution in [0.5, 0.6) is 0 Å². The van der Waals surface area contributed by atoms with Gasteiger partial charge in [0.1, 0.15) is 0 Å². The fraction of sp³-hybridized carbons (Fsp3) is 0.917. The van der Waals surface area contributed by atoms with E-state index in [0.717, 1.165) is 39.0 Å². The van der Waals surface area contributed by atoms with E-state index in [2.05, 4.69) is 24.2 Å². The molecule has 2 aliphatic rings. The SMILES string of the molecule is CC1CCCN(C(=O)NC2CCN(C)C2)C1. The second-order valence-corrected chi connectivity index (χ2v) is 5.39. The molecule has 2 fully saturated rings. The molecule has 0 aromatic carbocycles. The Bertz CT molecular complexity index is 257. The van der Waals surface area contributed by atoms with Crippen LogP contribution in [-0.2, 0) is 0 Å². The summed E-state index contributed by atoms with van der Waals surface area (Å²) in [6.07, 6.45) is 3.50. The average Bonchev–Trinajstić information content (AvgIpc) is 2.64. The van der Waals surface area contributed by atoms with E-state index in [1.807, 2.05) is 4.90 Å². The summed E-state index contributed by atoms with van der Waals surface area (Å²) in [5, 5.41) is 3.14. The molecule has 0 aliphatic carbocycles. The van der Waals surface area contributed by atoms with Crippen LogP contribution >= 0.6 is 0 Å². The van der Waals surface area contributed by atoms with E-state index in [4.69, 9.17) is 0 Å². The number of carbonyl (C=O) groups excluding carboxylic acids is 1. The minimum atomic E-state index is 0.145. The van der Waals surface area contributed by atoms with Crippen molar-refractivity contribution >= 4 is 6.03 Å².